The lowest BCUT2D eigenvalue weighted by molar-refractivity contribution is -0.104. The Morgan fingerprint density at radius 2 is 2.04 bits per heavy atom. The van der Waals surface area contributed by atoms with E-state index in [4.69, 9.17) is 22.1 Å². The van der Waals surface area contributed by atoms with Gasteiger partial charge >= 0.3 is 0 Å². The van der Waals surface area contributed by atoms with Crippen LogP contribution in [0.4, 0.5) is 5.69 Å². The van der Waals surface area contributed by atoms with E-state index >= 15 is 0 Å². The molecule has 3 rings (SSSR count). The van der Waals surface area contributed by atoms with Gasteiger partial charge in [0, 0.05) is 5.56 Å². The Balaban J connectivity index is 2.22. The predicted molar refractivity (Wildman–Crippen MR) is 93.0 cm³/mol. The molecule has 23 heavy (non-hydrogen) atoms. The molecular formula is C18H21ClN2O2. The maximum atomic E-state index is 11.6. The van der Waals surface area contributed by atoms with Crippen LogP contribution in [0.5, 0.6) is 0 Å². The van der Waals surface area contributed by atoms with Gasteiger partial charge in [0.05, 0.1) is 24.1 Å². The number of rotatable bonds is 3. The van der Waals surface area contributed by atoms with Crippen LogP contribution in [0.25, 0.3) is 5.76 Å². The minimum atomic E-state index is 0.212. The third-order valence-corrected chi connectivity index (χ3v) is 5.00. The predicted octanol–water partition coefficient (Wildman–Crippen LogP) is 4.08. The number of benzene rings is 1. The van der Waals surface area contributed by atoms with E-state index in [2.05, 4.69) is 11.4 Å². The maximum absolute atomic E-state index is 11.6. The summed E-state index contributed by atoms with van der Waals surface area (Å²) in [6.45, 7) is 0. The molecule has 1 aliphatic carbocycles. The highest BCUT2D eigenvalue weighted by molar-refractivity contribution is 6.32. The Bertz CT molecular complexity index is 688. The van der Waals surface area contributed by atoms with Gasteiger partial charge in [-0.3, -0.25) is 4.79 Å². The lowest BCUT2D eigenvalue weighted by Gasteiger charge is -2.26. The Morgan fingerprint density at radius 3 is 2.70 bits per heavy atom. The average molecular weight is 333 g/mol. The number of allylic oxidation sites excluding steroid dienone is 1. The van der Waals surface area contributed by atoms with Gasteiger partial charge in [0.2, 0.25) is 0 Å². The van der Waals surface area contributed by atoms with Gasteiger partial charge in [0.25, 0.3) is 0 Å². The molecule has 0 bridgehead atoms. The van der Waals surface area contributed by atoms with Crippen molar-refractivity contribution < 1.29 is 9.53 Å². The number of nitrogens with two attached hydrogens (primary N) is 1. The van der Waals surface area contributed by atoms with Crippen LogP contribution in [0.3, 0.4) is 0 Å². The van der Waals surface area contributed by atoms with Gasteiger partial charge in [-0.05, 0) is 30.4 Å². The molecule has 1 aromatic rings. The molecule has 0 unspecified atom stereocenters. The van der Waals surface area contributed by atoms with E-state index in [1.165, 1.54) is 24.8 Å². The van der Waals surface area contributed by atoms with Crippen molar-refractivity contribution in [2.24, 2.45) is 5.73 Å². The standard InChI is InChI=1S/C18H21ClN2O2/c1-23-17-13(10-22)16(20)18(19)21-14-9-5-8-12(15(14)17)11-6-3-2-4-7-11/h5,8-11,21H,2-4,6-7,20H2,1H3. The summed E-state index contributed by atoms with van der Waals surface area (Å²) in [5.74, 6) is 0.966. The number of fused-ring (bicyclic) bond motifs is 1. The normalized spacial score (nSPS) is 19.0. The topological polar surface area (TPSA) is 64.3 Å². The average Bonchev–Trinajstić information content (AvgIpc) is 2.69. The van der Waals surface area contributed by atoms with Crippen LogP contribution in [-0.4, -0.2) is 13.4 Å². The molecule has 1 heterocycles. The summed E-state index contributed by atoms with van der Waals surface area (Å²) >= 11 is 6.23. The van der Waals surface area contributed by atoms with Gasteiger partial charge in [-0.2, -0.15) is 0 Å². The smallest absolute Gasteiger partial charge is 0.156 e. The number of anilines is 1. The Labute approximate surface area is 141 Å². The second-order valence-corrected chi connectivity index (χ2v) is 6.40. The summed E-state index contributed by atoms with van der Waals surface area (Å²) in [6.07, 6.45) is 6.77. The molecule has 0 radical (unpaired) electrons. The molecule has 0 aromatic heterocycles. The largest absolute Gasteiger partial charge is 0.495 e. The van der Waals surface area contributed by atoms with Crippen molar-refractivity contribution >= 4 is 29.3 Å². The first-order chi connectivity index (χ1) is 11.2. The number of methoxy groups -OCH3 is 1. The number of nitrogens with one attached hydrogen (secondary N) is 1. The Hall–Kier alpha value is -1.94. The molecule has 1 fully saturated rings. The molecule has 2 aliphatic rings. The highest BCUT2D eigenvalue weighted by Gasteiger charge is 2.28. The number of carbonyl (C=O) groups excluding carboxylic acids is 1. The zero-order valence-electron chi connectivity index (χ0n) is 13.2. The number of hydrogen-bond donors (Lipinski definition) is 2. The molecule has 122 valence electrons. The summed E-state index contributed by atoms with van der Waals surface area (Å²) in [5.41, 5.74) is 9.47. The molecular weight excluding hydrogens is 312 g/mol. The van der Waals surface area contributed by atoms with Gasteiger partial charge < -0.3 is 15.8 Å². The van der Waals surface area contributed by atoms with Crippen LogP contribution >= 0.6 is 11.6 Å². The zero-order valence-corrected chi connectivity index (χ0v) is 14.0. The highest BCUT2D eigenvalue weighted by atomic mass is 35.5. The SMILES string of the molecule is COC1=C(C=O)C(N)=C(Cl)Nc2cccc(C3CCCCC3)c21. The monoisotopic (exact) mass is 332 g/mol. The maximum Gasteiger partial charge on any atom is 0.156 e. The fraction of sp³-hybridized carbons (Fsp3) is 0.389. The van der Waals surface area contributed by atoms with E-state index in [-0.39, 0.29) is 10.9 Å². The third kappa shape index (κ3) is 2.83. The van der Waals surface area contributed by atoms with Gasteiger partial charge in [-0.15, -0.1) is 0 Å². The van der Waals surface area contributed by atoms with Crippen molar-refractivity contribution in [1.29, 1.82) is 0 Å². The first kappa shape index (κ1) is 15.9. The first-order valence-corrected chi connectivity index (χ1v) is 8.34. The molecule has 0 amide bonds. The van der Waals surface area contributed by atoms with Crippen LogP contribution in [0, 0.1) is 0 Å². The van der Waals surface area contributed by atoms with Crippen molar-refractivity contribution in [3.05, 3.63) is 45.8 Å². The van der Waals surface area contributed by atoms with Crippen molar-refractivity contribution in [3.63, 3.8) is 0 Å². The molecule has 0 saturated heterocycles. The Kier molecular flexibility index (Phi) is 4.62. The summed E-state index contributed by atoms with van der Waals surface area (Å²) < 4.78 is 5.59. The Morgan fingerprint density at radius 1 is 1.30 bits per heavy atom. The summed E-state index contributed by atoms with van der Waals surface area (Å²) in [7, 11) is 1.56. The van der Waals surface area contributed by atoms with Crippen LogP contribution in [0.15, 0.2) is 34.6 Å². The second-order valence-electron chi connectivity index (χ2n) is 6.02. The second kappa shape index (κ2) is 6.67. The molecule has 5 heteroatoms. The van der Waals surface area contributed by atoms with Gasteiger partial charge in [0.15, 0.2) is 6.29 Å². The first-order valence-electron chi connectivity index (χ1n) is 7.96. The summed E-state index contributed by atoms with van der Waals surface area (Å²) in [5, 5.41) is 3.37. The number of halogens is 1. The van der Waals surface area contributed by atoms with E-state index in [0.717, 1.165) is 24.1 Å². The number of carbonyl (C=O) groups is 1. The van der Waals surface area contributed by atoms with E-state index in [1.54, 1.807) is 7.11 Å². The number of ether oxygens (including phenoxy) is 1. The molecule has 1 aromatic carbocycles. The van der Waals surface area contributed by atoms with Crippen molar-refractivity contribution in [2.45, 2.75) is 38.0 Å². The van der Waals surface area contributed by atoms with Crippen LogP contribution in [0.2, 0.25) is 0 Å². The summed E-state index contributed by atoms with van der Waals surface area (Å²) in [6, 6.07) is 6.06. The van der Waals surface area contributed by atoms with Crippen molar-refractivity contribution in [3.8, 4) is 0 Å². The fourth-order valence-corrected chi connectivity index (χ4v) is 3.77. The van der Waals surface area contributed by atoms with Crippen molar-refractivity contribution in [2.75, 3.05) is 12.4 Å². The third-order valence-electron chi connectivity index (χ3n) is 4.71. The van der Waals surface area contributed by atoms with Gasteiger partial charge in [0.1, 0.15) is 10.9 Å². The minimum Gasteiger partial charge on any atom is -0.495 e. The molecule has 1 aliphatic heterocycles. The van der Waals surface area contributed by atoms with Crippen molar-refractivity contribution in [1.82, 2.24) is 0 Å². The molecule has 3 N–H and O–H groups in total. The molecule has 1 saturated carbocycles. The van der Waals surface area contributed by atoms with E-state index in [1.807, 2.05) is 12.1 Å². The minimum absolute atomic E-state index is 0.212. The number of hydrogen-bond acceptors (Lipinski definition) is 4. The van der Waals surface area contributed by atoms with Crippen LogP contribution in [0.1, 0.15) is 49.1 Å². The van der Waals surface area contributed by atoms with Crippen LogP contribution < -0.4 is 11.1 Å². The van der Waals surface area contributed by atoms with E-state index < -0.39 is 0 Å². The lowest BCUT2D eigenvalue weighted by atomic mass is 9.81. The zero-order chi connectivity index (χ0) is 16.4. The molecule has 4 nitrogen and oxygen atoms in total. The van der Waals surface area contributed by atoms with Crippen LogP contribution in [-0.2, 0) is 9.53 Å². The summed E-state index contributed by atoms with van der Waals surface area (Å²) in [4.78, 5) is 11.6. The number of aldehydes is 1. The van der Waals surface area contributed by atoms with Gasteiger partial charge in [-0.1, -0.05) is 43.0 Å². The highest BCUT2D eigenvalue weighted by Crippen LogP contribution is 2.42. The fourth-order valence-electron chi connectivity index (χ4n) is 3.57. The van der Waals surface area contributed by atoms with Gasteiger partial charge in [-0.25, -0.2) is 0 Å². The quantitative estimate of drug-likeness (QED) is 0.646. The van der Waals surface area contributed by atoms with E-state index in [9.17, 15) is 4.79 Å². The van der Waals surface area contributed by atoms with E-state index in [0.29, 0.717) is 23.5 Å². The molecule has 0 atom stereocenters. The lowest BCUT2D eigenvalue weighted by Crippen LogP contribution is -2.10. The molecule has 0 spiro atoms.